The topological polar surface area (TPSA) is 15.3 Å². The van der Waals surface area contributed by atoms with Crippen LogP contribution in [0.25, 0.3) is 0 Å². The van der Waals surface area contributed by atoms with Crippen LogP contribution < -0.4 is 5.32 Å². The molecule has 1 aromatic carbocycles. The number of nitrogens with zero attached hydrogens (tertiary/aromatic N) is 1. The first-order valence-electron chi connectivity index (χ1n) is 7.53. The summed E-state index contributed by atoms with van der Waals surface area (Å²) in [6.45, 7) is 7.12. The van der Waals surface area contributed by atoms with Crippen LogP contribution in [0.3, 0.4) is 0 Å². The van der Waals surface area contributed by atoms with Gasteiger partial charge in [-0.15, -0.1) is 0 Å². The summed E-state index contributed by atoms with van der Waals surface area (Å²) in [4.78, 5) is 2.32. The molecule has 2 unspecified atom stereocenters. The lowest BCUT2D eigenvalue weighted by atomic mass is 10.0. The minimum atomic E-state index is -0.498. The number of halogens is 2. The second kappa shape index (κ2) is 7.14. The van der Waals surface area contributed by atoms with E-state index in [0.717, 1.165) is 32.1 Å². The summed E-state index contributed by atoms with van der Waals surface area (Å²) in [6.07, 6.45) is 3.44. The highest BCUT2D eigenvalue weighted by Gasteiger charge is 2.22. The van der Waals surface area contributed by atoms with Gasteiger partial charge in [-0.1, -0.05) is 6.92 Å². The Hall–Kier alpha value is -1.00. The molecule has 0 radical (unpaired) electrons. The molecule has 112 valence electrons. The van der Waals surface area contributed by atoms with Gasteiger partial charge in [0, 0.05) is 24.7 Å². The zero-order valence-electron chi connectivity index (χ0n) is 12.3. The number of rotatable bonds is 6. The van der Waals surface area contributed by atoms with Crippen LogP contribution in [-0.2, 0) is 0 Å². The summed E-state index contributed by atoms with van der Waals surface area (Å²) in [7, 11) is 0. The highest BCUT2D eigenvalue weighted by Crippen LogP contribution is 2.23. The Kier molecular flexibility index (Phi) is 5.49. The van der Waals surface area contributed by atoms with Gasteiger partial charge >= 0.3 is 0 Å². The largest absolute Gasteiger partial charge is 0.313 e. The van der Waals surface area contributed by atoms with Crippen LogP contribution in [0.15, 0.2) is 18.2 Å². The van der Waals surface area contributed by atoms with E-state index in [0.29, 0.717) is 11.6 Å². The summed E-state index contributed by atoms with van der Waals surface area (Å²) < 4.78 is 26.7. The van der Waals surface area contributed by atoms with Crippen LogP contribution in [-0.4, -0.2) is 30.6 Å². The van der Waals surface area contributed by atoms with Crippen molar-refractivity contribution in [1.82, 2.24) is 10.2 Å². The van der Waals surface area contributed by atoms with Gasteiger partial charge in [0.05, 0.1) is 0 Å². The predicted molar refractivity (Wildman–Crippen MR) is 77.7 cm³/mol. The first-order chi connectivity index (χ1) is 9.60. The Bertz CT molecular complexity index is 410. The minimum absolute atomic E-state index is 0.0301. The van der Waals surface area contributed by atoms with Crippen LogP contribution in [0.2, 0.25) is 0 Å². The average Bonchev–Trinajstić information content (AvgIpc) is 2.89. The summed E-state index contributed by atoms with van der Waals surface area (Å²) in [5, 5.41) is 3.48. The molecule has 4 heteroatoms. The predicted octanol–water partition coefficient (Wildman–Crippen LogP) is 3.49. The van der Waals surface area contributed by atoms with E-state index in [2.05, 4.69) is 17.1 Å². The Morgan fingerprint density at radius 2 is 2.00 bits per heavy atom. The Morgan fingerprint density at radius 3 is 2.55 bits per heavy atom. The van der Waals surface area contributed by atoms with Crippen LogP contribution >= 0.6 is 0 Å². The third kappa shape index (κ3) is 4.00. The van der Waals surface area contributed by atoms with Crippen LogP contribution in [0.4, 0.5) is 8.78 Å². The third-order valence-corrected chi connectivity index (χ3v) is 4.04. The highest BCUT2D eigenvalue weighted by atomic mass is 19.1. The molecule has 0 aromatic heterocycles. The molecule has 0 amide bonds. The normalized spacial score (nSPS) is 20.6. The number of benzene rings is 1. The summed E-state index contributed by atoms with van der Waals surface area (Å²) in [5.74, 6) is -0.996. The van der Waals surface area contributed by atoms with Gasteiger partial charge in [-0.3, -0.25) is 4.90 Å². The first-order valence-corrected chi connectivity index (χ1v) is 7.53. The molecule has 1 heterocycles. The van der Waals surface area contributed by atoms with E-state index in [4.69, 9.17) is 0 Å². The molecule has 0 spiro atoms. The van der Waals surface area contributed by atoms with Crippen molar-refractivity contribution in [2.24, 2.45) is 0 Å². The molecule has 2 rings (SSSR count). The molecule has 2 atom stereocenters. The first kappa shape index (κ1) is 15.4. The molecule has 0 bridgehead atoms. The van der Waals surface area contributed by atoms with Gasteiger partial charge in [-0.05, 0) is 57.0 Å². The van der Waals surface area contributed by atoms with Crippen molar-refractivity contribution in [2.75, 3.05) is 19.6 Å². The Morgan fingerprint density at radius 1 is 1.30 bits per heavy atom. The van der Waals surface area contributed by atoms with Crippen molar-refractivity contribution in [3.8, 4) is 0 Å². The van der Waals surface area contributed by atoms with E-state index in [9.17, 15) is 8.78 Å². The molecule has 1 aromatic rings. The fourth-order valence-corrected chi connectivity index (χ4v) is 2.95. The molecule has 1 N–H and O–H groups in total. The number of hydrogen-bond donors (Lipinski definition) is 1. The lowest BCUT2D eigenvalue weighted by Gasteiger charge is -2.31. The fourth-order valence-electron chi connectivity index (χ4n) is 2.95. The summed E-state index contributed by atoms with van der Waals surface area (Å²) in [5.41, 5.74) is 0.717. The molecule has 1 fully saturated rings. The SMILES string of the molecule is CCCN(CC1CCCN1)C(C)c1cc(F)cc(F)c1. The highest BCUT2D eigenvalue weighted by molar-refractivity contribution is 5.21. The molecule has 0 aliphatic carbocycles. The molecule has 20 heavy (non-hydrogen) atoms. The molecule has 1 saturated heterocycles. The lowest BCUT2D eigenvalue weighted by molar-refractivity contribution is 0.192. The van der Waals surface area contributed by atoms with Gasteiger partial charge < -0.3 is 5.32 Å². The van der Waals surface area contributed by atoms with Crippen molar-refractivity contribution >= 4 is 0 Å². The van der Waals surface area contributed by atoms with Crippen molar-refractivity contribution < 1.29 is 8.78 Å². The van der Waals surface area contributed by atoms with Gasteiger partial charge in [-0.25, -0.2) is 8.78 Å². The van der Waals surface area contributed by atoms with Gasteiger partial charge in [0.1, 0.15) is 11.6 Å². The average molecular weight is 282 g/mol. The van der Waals surface area contributed by atoms with E-state index in [1.165, 1.54) is 25.0 Å². The zero-order chi connectivity index (χ0) is 14.5. The smallest absolute Gasteiger partial charge is 0.126 e. The van der Waals surface area contributed by atoms with Crippen LogP contribution in [0.5, 0.6) is 0 Å². The maximum absolute atomic E-state index is 13.4. The monoisotopic (exact) mass is 282 g/mol. The number of hydrogen-bond acceptors (Lipinski definition) is 2. The Balaban J connectivity index is 2.09. The van der Waals surface area contributed by atoms with E-state index in [1.54, 1.807) is 0 Å². The van der Waals surface area contributed by atoms with E-state index in [1.807, 2.05) is 6.92 Å². The van der Waals surface area contributed by atoms with E-state index in [-0.39, 0.29) is 6.04 Å². The lowest BCUT2D eigenvalue weighted by Crippen LogP contribution is -2.39. The zero-order valence-corrected chi connectivity index (χ0v) is 12.3. The van der Waals surface area contributed by atoms with Gasteiger partial charge in [0.2, 0.25) is 0 Å². The Labute approximate surface area is 120 Å². The van der Waals surface area contributed by atoms with E-state index >= 15 is 0 Å². The van der Waals surface area contributed by atoms with Crippen molar-refractivity contribution in [3.05, 3.63) is 35.4 Å². The van der Waals surface area contributed by atoms with Crippen molar-refractivity contribution in [2.45, 2.75) is 45.2 Å². The van der Waals surface area contributed by atoms with Gasteiger partial charge in [0.25, 0.3) is 0 Å². The standard InChI is InChI=1S/C16H24F2N2/c1-3-7-20(11-16-5-4-6-19-16)12(2)13-8-14(17)10-15(18)9-13/h8-10,12,16,19H,3-7,11H2,1-2H3. The third-order valence-electron chi connectivity index (χ3n) is 4.04. The molecule has 2 nitrogen and oxygen atoms in total. The summed E-state index contributed by atoms with van der Waals surface area (Å²) in [6, 6.07) is 4.35. The molecule has 0 saturated carbocycles. The van der Waals surface area contributed by atoms with E-state index < -0.39 is 11.6 Å². The maximum Gasteiger partial charge on any atom is 0.126 e. The van der Waals surface area contributed by atoms with Crippen molar-refractivity contribution in [1.29, 1.82) is 0 Å². The molecule has 1 aliphatic rings. The van der Waals surface area contributed by atoms with Crippen LogP contribution in [0.1, 0.15) is 44.7 Å². The fraction of sp³-hybridized carbons (Fsp3) is 0.625. The van der Waals surface area contributed by atoms with Gasteiger partial charge in [0.15, 0.2) is 0 Å². The molecular weight excluding hydrogens is 258 g/mol. The van der Waals surface area contributed by atoms with Gasteiger partial charge in [-0.2, -0.15) is 0 Å². The second-order valence-electron chi connectivity index (χ2n) is 5.67. The van der Waals surface area contributed by atoms with Crippen molar-refractivity contribution in [3.63, 3.8) is 0 Å². The second-order valence-corrected chi connectivity index (χ2v) is 5.67. The quantitative estimate of drug-likeness (QED) is 0.859. The molecule has 1 aliphatic heterocycles. The molecular formula is C16H24F2N2. The van der Waals surface area contributed by atoms with Crippen LogP contribution in [0, 0.1) is 11.6 Å². The summed E-state index contributed by atoms with van der Waals surface area (Å²) >= 11 is 0. The number of nitrogens with one attached hydrogen (secondary N) is 1. The maximum atomic E-state index is 13.4. The minimum Gasteiger partial charge on any atom is -0.313 e.